The van der Waals surface area contributed by atoms with E-state index in [9.17, 15) is 13.2 Å². The summed E-state index contributed by atoms with van der Waals surface area (Å²) in [5.74, 6) is -0.119. The lowest BCUT2D eigenvalue weighted by Gasteiger charge is -2.13. The molecule has 0 bridgehead atoms. The van der Waals surface area contributed by atoms with Crippen LogP contribution in [0.3, 0.4) is 0 Å². The van der Waals surface area contributed by atoms with E-state index in [0.717, 1.165) is 27.8 Å². The van der Waals surface area contributed by atoms with Crippen molar-refractivity contribution >= 4 is 43.2 Å². The highest BCUT2D eigenvalue weighted by atomic mass is 79.9. The van der Waals surface area contributed by atoms with Crippen molar-refractivity contribution < 1.29 is 13.2 Å². The van der Waals surface area contributed by atoms with E-state index in [0.29, 0.717) is 23.8 Å². The van der Waals surface area contributed by atoms with Crippen molar-refractivity contribution in [2.45, 2.75) is 30.0 Å². The summed E-state index contributed by atoms with van der Waals surface area (Å²) in [4.78, 5) is 12.9. The molecule has 8 heteroatoms. The number of rotatable bonds is 6. The van der Waals surface area contributed by atoms with Gasteiger partial charge < -0.3 is 5.32 Å². The average molecular weight is 443 g/mol. The Hall–Kier alpha value is -1.22. The van der Waals surface area contributed by atoms with Crippen molar-refractivity contribution in [1.82, 2.24) is 9.62 Å². The minimum absolute atomic E-state index is 0.119. The summed E-state index contributed by atoms with van der Waals surface area (Å²) < 4.78 is 27.8. The van der Waals surface area contributed by atoms with E-state index in [4.69, 9.17) is 0 Å². The third kappa shape index (κ3) is 4.69. The summed E-state index contributed by atoms with van der Waals surface area (Å²) in [5.41, 5.74) is 1.01. The van der Waals surface area contributed by atoms with Crippen LogP contribution in [0.1, 0.15) is 23.3 Å². The number of nitrogens with one attached hydrogen (secondary N) is 1. The number of sulfonamides is 1. The molecule has 0 saturated carbocycles. The maximum absolute atomic E-state index is 12.5. The van der Waals surface area contributed by atoms with E-state index in [1.165, 1.54) is 15.6 Å². The van der Waals surface area contributed by atoms with Gasteiger partial charge in [0.2, 0.25) is 5.91 Å². The molecule has 0 atom stereocenters. The van der Waals surface area contributed by atoms with Crippen LogP contribution >= 0.6 is 27.3 Å². The zero-order valence-corrected chi connectivity index (χ0v) is 16.8. The Morgan fingerprint density at radius 1 is 1.20 bits per heavy atom. The lowest BCUT2D eigenvalue weighted by Crippen LogP contribution is -2.27. The number of amides is 1. The van der Waals surface area contributed by atoms with Crippen LogP contribution in [0, 0.1) is 0 Å². The molecular formula is C17H19BrN2O3S2. The van der Waals surface area contributed by atoms with Gasteiger partial charge in [-0.3, -0.25) is 4.79 Å². The maximum atomic E-state index is 12.5. The van der Waals surface area contributed by atoms with Crippen LogP contribution in [0.15, 0.2) is 45.1 Å². The molecule has 1 aliphatic rings. The van der Waals surface area contributed by atoms with Gasteiger partial charge in [0.15, 0.2) is 0 Å². The predicted molar refractivity (Wildman–Crippen MR) is 102 cm³/mol. The smallest absolute Gasteiger partial charge is 0.252 e. The van der Waals surface area contributed by atoms with Crippen LogP contribution < -0.4 is 5.32 Å². The zero-order chi connectivity index (χ0) is 17.9. The van der Waals surface area contributed by atoms with Gasteiger partial charge in [-0.05, 0) is 42.7 Å². The Labute approximate surface area is 160 Å². The van der Waals surface area contributed by atoms with Crippen molar-refractivity contribution in [3.63, 3.8) is 0 Å². The minimum Gasteiger partial charge on any atom is -0.352 e. The molecule has 1 saturated heterocycles. The second kappa shape index (κ2) is 7.99. The first-order valence-electron chi connectivity index (χ1n) is 8.05. The Morgan fingerprint density at radius 2 is 1.96 bits per heavy atom. The van der Waals surface area contributed by atoms with Crippen LogP contribution in [-0.4, -0.2) is 31.7 Å². The molecule has 1 fully saturated rings. The van der Waals surface area contributed by atoms with Crippen molar-refractivity contribution in [1.29, 1.82) is 0 Å². The number of hydrogen-bond donors (Lipinski definition) is 1. The largest absolute Gasteiger partial charge is 0.352 e. The monoisotopic (exact) mass is 442 g/mol. The molecule has 3 rings (SSSR count). The second-order valence-electron chi connectivity index (χ2n) is 5.92. The third-order valence-electron chi connectivity index (χ3n) is 4.01. The van der Waals surface area contributed by atoms with Crippen molar-refractivity contribution in [3.8, 4) is 0 Å². The molecule has 0 unspecified atom stereocenters. The highest BCUT2D eigenvalue weighted by Gasteiger charge is 2.28. The predicted octanol–water partition coefficient (Wildman–Crippen LogP) is 3.15. The molecule has 0 aliphatic carbocycles. The quantitative estimate of drug-likeness (QED) is 0.746. The number of benzene rings is 1. The first kappa shape index (κ1) is 18.6. The fourth-order valence-electron chi connectivity index (χ4n) is 2.72. The van der Waals surface area contributed by atoms with Gasteiger partial charge >= 0.3 is 0 Å². The molecule has 134 valence electrons. The number of hydrogen-bond acceptors (Lipinski definition) is 4. The zero-order valence-electron chi connectivity index (χ0n) is 13.6. The van der Waals surface area contributed by atoms with Gasteiger partial charge in [0.25, 0.3) is 10.0 Å². The van der Waals surface area contributed by atoms with Gasteiger partial charge in [0.1, 0.15) is 4.21 Å². The molecule has 0 spiro atoms. The lowest BCUT2D eigenvalue weighted by molar-refractivity contribution is -0.120. The van der Waals surface area contributed by atoms with Gasteiger partial charge in [0.05, 0.1) is 6.42 Å². The number of carbonyl (C=O) groups excluding carboxylic acids is 1. The Morgan fingerprint density at radius 3 is 2.68 bits per heavy atom. The summed E-state index contributed by atoms with van der Waals surface area (Å²) in [7, 11) is -3.40. The molecule has 25 heavy (non-hydrogen) atoms. The molecule has 1 amide bonds. The fourth-order valence-corrected chi connectivity index (χ4v) is 6.19. The molecule has 1 aromatic carbocycles. The van der Waals surface area contributed by atoms with Gasteiger partial charge in [0, 0.05) is 29.0 Å². The Bertz CT molecular complexity index is 858. The molecule has 0 radical (unpaired) electrons. The first-order valence-corrected chi connectivity index (χ1v) is 11.1. The summed E-state index contributed by atoms with van der Waals surface area (Å²) in [6, 6.07) is 11.1. The fraction of sp³-hybridized carbons (Fsp3) is 0.353. The number of halogens is 1. The molecular weight excluding hydrogens is 424 g/mol. The minimum atomic E-state index is -3.40. The Kier molecular flexibility index (Phi) is 5.93. The van der Waals surface area contributed by atoms with E-state index in [1.54, 1.807) is 12.1 Å². The van der Waals surface area contributed by atoms with Crippen LogP contribution in [0.5, 0.6) is 0 Å². The molecule has 1 aliphatic heterocycles. The van der Waals surface area contributed by atoms with Crippen molar-refractivity contribution in [2.75, 3.05) is 13.1 Å². The number of carbonyl (C=O) groups is 1. The van der Waals surface area contributed by atoms with Crippen molar-refractivity contribution in [3.05, 3.63) is 51.3 Å². The van der Waals surface area contributed by atoms with E-state index in [-0.39, 0.29) is 12.3 Å². The highest BCUT2D eigenvalue weighted by molar-refractivity contribution is 9.10. The summed E-state index contributed by atoms with van der Waals surface area (Å²) in [6.45, 7) is 1.62. The number of nitrogens with zero attached hydrogens (tertiary/aromatic N) is 1. The summed E-state index contributed by atoms with van der Waals surface area (Å²) >= 11 is 4.58. The van der Waals surface area contributed by atoms with Crippen molar-refractivity contribution in [2.24, 2.45) is 0 Å². The van der Waals surface area contributed by atoms with E-state index < -0.39 is 10.0 Å². The highest BCUT2D eigenvalue weighted by Crippen LogP contribution is 2.27. The maximum Gasteiger partial charge on any atom is 0.252 e. The normalized spacial score (nSPS) is 15.4. The van der Waals surface area contributed by atoms with Gasteiger partial charge in [-0.2, -0.15) is 4.31 Å². The molecule has 2 aromatic rings. The SMILES string of the molecule is O=C(Cc1ccc(S(=O)(=O)N2CCCC2)s1)NCc1cccc(Br)c1. The van der Waals surface area contributed by atoms with Gasteiger partial charge in [-0.1, -0.05) is 28.1 Å². The van der Waals surface area contributed by atoms with Crippen LogP contribution in [0.2, 0.25) is 0 Å². The molecule has 1 aromatic heterocycles. The van der Waals surface area contributed by atoms with Gasteiger partial charge in [-0.15, -0.1) is 11.3 Å². The van der Waals surface area contributed by atoms with E-state index >= 15 is 0 Å². The average Bonchev–Trinajstić information content (AvgIpc) is 3.25. The van der Waals surface area contributed by atoms with Crippen LogP contribution in [-0.2, 0) is 27.8 Å². The van der Waals surface area contributed by atoms with E-state index in [1.807, 2.05) is 24.3 Å². The lowest BCUT2D eigenvalue weighted by atomic mass is 10.2. The van der Waals surface area contributed by atoms with E-state index in [2.05, 4.69) is 21.2 Å². The second-order valence-corrected chi connectivity index (χ2v) is 10.2. The van der Waals surface area contributed by atoms with Crippen LogP contribution in [0.4, 0.5) is 0 Å². The Balaban J connectivity index is 1.58. The molecule has 5 nitrogen and oxygen atoms in total. The number of thiophene rings is 1. The topological polar surface area (TPSA) is 66.5 Å². The molecule has 1 N–H and O–H groups in total. The summed E-state index contributed by atoms with van der Waals surface area (Å²) in [6.07, 6.45) is 2.01. The standard InChI is InChI=1S/C17H19BrN2O3S2/c18-14-5-3-4-13(10-14)12-19-16(21)11-15-6-7-17(24-15)25(22,23)20-8-1-2-9-20/h3-7,10H,1-2,8-9,11-12H2,(H,19,21). The summed E-state index contributed by atoms with van der Waals surface area (Å²) in [5, 5.41) is 2.86. The van der Waals surface area contributed by atoms with Gasteiger partial charge in [-0.25, -0.2) is 8.42 Å². The third-order valence-corrected chi connectivity index (χ3v) is 7.95. The molecule has 2 heterocycles. The first-order chi connectivity index (χ1) is 11.9. The van der Waals surface area contributed by atoms with Crippen LogP contribution in [0.25, 0.3) is 0 Å².